The van der Waals surface area contributed by atoms with Gasteiger partial charge in [0, 0.05) is 11.4 Å². The third-order valence-corrected chi connectivity index (χ3v) is 2.56. The molecule has 0 radical (unpaired) electrons. The molecule has 1 aliphatic carbocycles. The Kier molecular flexibility index (Phi) is 2.54. The number of nitrogens with zero attached hydrogens (tertiary/aromatic N) is 1. The summed E-state index contributed by atoms with van der Waals surface area (Å²) in [5.41, 5.74) is 0.602. The highest BCUT2D eigenvalue weighted by molar-refractivity contribution is 5.89. The molecule has 0 bridgehead atoms. The van der Waals surface area contributed by atoms with Crippen LogP contribution in [0.4, 0.5) is 0 Å². The molecule has 1 aromatic rings. The maximum absolute atomic E-state index is 11.5. The number of esters is 1. The standard InChI is InChI=1S/C12H13NO2/c1-8-3-4-11-10(7-8)9(5-6-13-11)12(14)15-2/h4-8H,3H2,1-2H3. The number of methoxy groups -OCH3 is 1. The highest BCUT2D eigenvalue weighted by Gasteiger charge is 2.11. The Balaban J connectivity index is 2.69. The van der Waals surface area contributed by atoms with Crippen LogP contribution in [0.15, 0.2) is 12.3 Å². The summed E-state index contributed by atoms with van der Waals surface area (Å²) in [5.74, 6) is 0.150. The number of hydrogen-bond donors (Lipinski definition) is 0. The molecular weight excluding hydrogens is 190 g/mol. The lowest BCUT2D eigenvalue weighted by atomic mass is 9.99. The Morgan fingerprint density at radius 2 is 2.40 bits per heavy atom. The number of fused-ring (bicyclic) bond motifs is 1. The van der Waals surface area contributed by atoms with Crippen LogP contribution in [0.2, 0.25) is 0 Å². The molecule has 3 heteroatoms. The number of aromatic nitrogens is 1. The summed E-state index contributed by atoms with van der Waals surface area (Å²) in [6.45, 7) is 2.12. The molecule has 1 aromatic heterocycles. The fourth-order valence-corrected chi connectivity index (χ4v) is 1.77. The monoisotopic (exact) mass is 203 g/mol. The van der Waals surface area contributed by atoms with E-state index in [1.165, 1.54) is 7.11 Å². The summed E-state index contributed by atoms with van der Waals surface area (Å²) in [6, 6.07) is 1.70. The zero-order valence-corrected chi connectivity index (χ0v) is 8.86. The van der Waals surface area contributed by atoms with Crippen molar-refractivity contribution in [1.82, 2.24) is 4.98 Å². The number of rotatable bonds is 1. The second-order valence-electron chi connectivity index (χ2n) is 3.73. The topological polar surface area (TPSA) is 39.2 Å². The van der Waals surface area contributed by atoms with E-state index in [9.17, 15) is 4.79 Å². The third-order valence-electron chi connectivity index (χ3n) is 2.56. The van der Waals surface area contributed by atoms with E-state index in [1.54, 1.807) is 12.3 Å². The van der Waals surface area contributed by atoms with Crippen molar-refractivity contribution in [2.24, 2.45) is 5.92 Å². The van der Waals surface area contributed by atoms with Crippen LogP contribution in [-0.2, 0) is 4.74 Å². The van der Waals surface area contributed by atoms with Gasteiger partial charge in [0.15, 0.2) is 0 Å². The summed E-state index contributed by atoms with van der Waals surface area (Å²) >= 11 is 0. The van der Waals surface area contributed by atoms with Crippen LogP contribution in [0.1, 0.15) is 23.7 Å². The van der Waals surface area contributed by atoms with Gasteiger partial charge in [0.25, 0.3) is 0 Å². The molecule has 1 unspecified atom stereocenters. The van der Waals surface area contributed by atoms with Crippen LogP contribution in [0.5, 0.6) is 0 Å². The van der Waals surface area contributed by atoms with Crippen molar-refractivity contribution >= 4 is 18.1 Å². The van der Waals surface area contributed by atoms with E-state index >= 15 is 0 Å². The minimum absolute atomic E-state index is 0.299. The predicted octanol–water partition coefficient (Wildman–Crippen LogP) is 0.469. The highest BCUT2D eigenvalue weighted by Crippen LogP contribution is 2.06. The average molecular weight is 203 g/mol. The molecule has 0 spiro atoms. The molecule has 0 saturated carbocycles. The smallest absolute Gasteiger partial charge is 0.338 e. The maximum Gasteiger partial charge on any atom is 0.338 e. The number of pyridine rings is 1. The minimum atomic E-state index is -0.299. The van der Waals surface area contributed by atoms with E-state index in [0.717, 1.165) is 17.0 Å². The van der Waals surface area contributed by atoms with Crippen molar-refractivity contribution in [3.8, 4) is 0 Å². The molecule has 1 aliphatic rings. The molecule has 1 atom stereocenters. The highest BCUT2D eigenvalue weighted by atomic mass is 16.5. The van der Waals surface area contributed by atoms with Gasteiger partial charge in [-0.15, -0.1) is 0 Å². The number of carbonyl (C=O) groups is 1. The molecule has 0 fully saturated rings. The van der Waals surface area contributed by atoms with Gasteiger partial charge in [-0.05, 0) is 18.4 Å². The van der Waals surface area contributed by atoms with Gasteiger partial charge < -0.3 is 4.74 Å². The Labute approximate surface area is 88.1 Å². The van der Waals surface area contributed by atoms with Crippen LogP contribution >= 0.6 is 0 Å². The van der Waals surface area contributed by atoms with Crippen molar-refractivity contribution < 1.29 is 9.53 Å². The van der Waals surface area contributed by atoms with Crippen LogP contribution < -0.4 is 10.6 Å². The van der Waals surface area contributed by atoms with Crippen molar-refractivity contribution in [3.63, 3.8) is 0 Å². The van der Waals surface area contributed by atoms with Gasteiger partial charge >= 0.3 is 5.97 Å². The van der Waals surface area contributed by atoms with Gasteiger partial charge in [-0.25, -0.2) is 4.79 Å². The molecule has 0 saturated heterocycles. The Morgan fingerprint density at radius 3 is 3.13 bits per heavy atom. The van der Waals surface area contributed by atoms with Crippen LogP contribution in [0.25, 0.3) is 12.2 Å². The maximum atomic E-state index is 11.5. The van der Waals surface area contributed by atoms with Crippen molar-refractivity contribution in [2.75, 3.05) is 7.11 Å². The second kappa shape index (κ2) is 3.85. The fourth-order valence-electron chi connectivity index (χ4n) is 1.77. The molecule has 0 amide bonds. The zero-order chi connectivity index (χ0) is 10.8. The summed E-state index contributed by atoms with van der Waals surface area (Å²) < 4.78 is 4.74. The van der Waals surface area contributed by atoms with Gasteiger partial charge in [0.2, 0.25) is 0 Å². The molecule has 78 valence electrons. The first-order chi connectivity index (χ1) is 7.22. The molecular formula is C12H13NO2. The quantitative estimate of drug-likeness (QED) is 0.623. The van der Waals surface area contributed by atoms with Crippen molar-refractivity contribution in [2.45, 2.75) is 13.3 Å². The first-order valence-electron chi connectivity index (χ1n) is 4.97. The summed E-state index contributed by atoms with van der Waals surface area (Å²) in [5, 5.41) is 1.79. The van der Waals surface area contributed by atoms with Gasteiger partial charge in [-0.1, -0.05) is 19.1 Å². The molecule has 0 N–H and O–H groups in total. The van der Waals surface area contributed by atoms with Gasteiger partial charge in [0.1, 0.15) is 0 Å². The fraction of sp³-hybridized carbons (Fsp3) is 0.333. The lowest BCUT2D eigenvalue weighted by Gasteiger charge is -2.09. The summed E-state index contributed by atoms with van der Waals surface area (Å²) in [6.07, 6.45) is 6.76. The van der Waals surface area contributed by atoms with E-state index in [0.29, 0.717) is 11.5 Å². The lowest BCUT2D eigenvalue weighted by Crippen LogP contribution is -2.36. The zero-order valence-electron chi connectivity index (χ0n) is 8.86. The third kappa shape index (κ3) is 1.77. The Morgan fingerprint density at radius 1 is 1.60 bits per heavy atom. The van der Waals surface area contributed by atoms with Gasteiger partial charge in [0.05, 0.1) is 18.0 Å². The molecule has 15 heavy (non-hydrogen) atoms. The number of hydrogen-bond acceptors (Lipinski definition) is 3. The predicted molar refractivity (Wildman–Crippen MR) is 57.5 cm³/mol. The first kappa shape index (κ1) is 9.90. The SMILES string of the molecule is COC(=O)c1ccnc2c1=CC(C)CC=2. The second-order valence-corrected chi connectivity index (χ2v) is 3.73. The van der Waals surface area contributed by atoms with E-state index in [1.807, 2.05) is 0 Å². The van der Waals surface area contributed by atoms with E-state index in [-0.39, 0.29) is 5.97 Å². The molecule has 1 heterocycles. The summed E-state index contributed by atoms with van der Waals surface area (Å²) in [4.78, 5) is 15.7. The van der Waals surface area contributed by atoms with Crippen LogP contribution in [-0.4, -0.2) is 18.1 Å². The number of carbonyl (C=O) groups excluding carboxylic acids is 1. The van der Waals surface area contributed by atoms with Crippen LogP contribution in [0.3, 0.4) is 0 Å². The lowest BCUT2D eigenvalue weighted by molar-refractivity contribution is 0.0599. The van der Waals surface area contributed by atoms with Gasteiger partial charge in [-0.3, -0.25) is 4.98 Å². The minimum Gasteiger partial charge on any atom is -0.465 e. The normalized spacial score (nSPS) is 18.4. The van der Waals surface area contributed by atoms with Gasteiger partial charge in [-0.2, -0.15) is 0 Å². The number of ether oxygens (including phenoxy) is 1. The van der Waals surface area contributed by atoms with E-state index in [2.05, 4.69) is 24.1 Å². The van der Waals surface area contributed by atoms with Crippen molar-refractivity contribution in [3.05, 3.63) is 28.4 Å². The average Bonchev–Trinajstić information content (AvgIpc) is 2.27. The Hall–Kier alpha value is -1.64. The molecule has 3 nitrogen and oxygen atoms in total. The largest absolute Gasteiger partial charge is 0.465 e. The Bertz CT molecular complexity index is 505. The van der Waals surface area contributed by atoms with E-state index in [4.69, 9.17) is 4.74 Å². The first-order valence-corrected chi connectivity index (χ1v) is 4.97. The van der Waals surface area contributed by atoms with Crippen molar-refractivity contribution in [1.29, 1.82) is 0 Å². The molecule has 2 rings (SSSR count). The summed E-state index contributed by atoms with van der Waals surface area (Å²) in [7, 11) is 1.39. The molecule has 0 aliphatic heterocycles. The van der Waals surface area contributed by atoms with Crippen LogP contribution in [0, 0.1) is 5.92 Å². The van der Waals surface area contributed by atoms with E-state index < -0.39 is 0 Å². The molecule has 0 aromatic carbocycles.